The molecule has 0 saturated carbocycles. The molecule has 0 aliphatic carbocycles. The fourth-order valence-corrected chi connectivity index (χ4v) is 2.67. The van der Waals surface area contributed by atoms with Crippen LogP contribution in [0.1, 0.15) is 58.1 Å². The third-order valence-electron chi connectivity index (χ3n) is 4.11. The van der Waals surface area contributed by atoms with Gasteiger partial charge in [0.1, 0.15) is 5.75 Å². The van der Waals surface area contributed by atoms with Crippen LogP contribution in [0.3, 0.4) is 0 Å². The standard InChI is InChI=1S/C21H29NO2/c1-3-4-8-15-24-17(2)9-6-5-7-10-19-12-11-18-16-20(23)13-14-21(18)22-19/h7,10-14,16-17,23H,3-6,8-9,15H2,1-2H3. The van der Waals surface area contributed by atoms with Crippen LogP contribution in [0.15, 0.2) is 36.4 Å². The lowest BCUT2D eigenvalue weighted by molar-refractivity contribution is 0.0566. The molecule has 2 rings (SSSR count). The molecule has 0 bridgehead atoms. The molecule has 3 heteroatoms. The first-order valence-electron chi connectivity index (χ1n) is 9.07. The monoisotopic (exact) mass is 327 g/mol. The molecular formula is C21H29NO2. The van der Waals surface area contributed by atoms with E-state index in [0.29, 0.717) is 6.10 Å². The second-order valence-electron chi connectivity index (χ2n) is 6.33. The highest BCUT2D eigenvalue weighted by atomic mass is 16.5. The van der Waals surface area contributed by atoms with Crippen molar-refractivity contribution in [3.63, 3.8) is 0 Å². The number of rotatable bonds is 10. The van der Waals surface area contributed by atoms with Gasteiger partial charge in [0.2, 0.25) is 0 Å². The van der Waals surface area contributed by atoms with Crippen LogP contribution < -0.4 is 0 Å². The van der Waals surface area contributed by atoms with Gasteiger partial charge in [-0.3, -0.25) is 0 Å². The van der Waals surface area contributed by atoms with Gasteiger partial charge < -0.3 is 9.84 Å². The Morgan fingerprint density at radius 2 is 2.04 bits per heavy atom. The highest BCUT2D eigenvalue weighted by Gasteiger charge is 2.01. The summed E-state index contributed by atoms with van der Waals surface area (Å²) >= 11 is 0. The van der Waals surface area contributed by atoms with Crippen molar-refractivity contribution in [3.05, 3.63) is 42.1 Å². The molecule has 1 N–H and O–H groups in total. The third kappa shape index (κ3) is 6.32. The lowest BCUT2D eigenvalue weighted by Gasteiger charge is -2.11. The minimum Gasteiger partial charge on any atom is -0.508 e. The van der Waals surface area contributed by atoms with Crippen LogP contribution in [0.2, 0.25) is 0 Å². The lowest BCUT2D eigenvalue weighted by atomic mass is 10.1. The van der Waals surface area contributed by atoms with Gasteiger partial charge >= 0.3 is 0 Å². The van der Waals surface area contributed by atoms with Crippen molar-refractivity contribution in [2.75, 3.05) is 6.61 Å². The van der Waals surface area contributed by atoms with E-state index in [9.17, 15) is 5.11 Å². The Hall–Kier alpha value is -1.87. The number of unbranched alkanes of at least 4 members (excludes halogenated alkanes) is 3. The molecule has 130 valence electrons. The van der Waals surface area contributed by atoms with Crippen LogP contribution in [-0.4, -0.2) is 22.8 Å². The number of aromatic nitrogens is 1. The molecule has 1 atom stereocenters. The van der Waals surface area contributed by atoms with Gasteiger partial charge in [0, 0.05) is 12.0 Å². The number of hydrogen-bond acceptors (Lipinski definition) is 3. The summed E-state index contributed by atoms with van der Waals surface area (Å²) in [7, 11) is 0. The molecule has 0 fully saturated rings. The Morgan fingerprint density at radius 3 is 2.88 bits per heavy atom. The Labute approximate surface area is 145 Å². The molecule has 1 aromatic carbocycles. The first-order chi connectivity index (χ1) is 11.7. The maximum atomic E-state index is 9.47. The minimum atomic E-state index is 0.277. The van der Waals surface area contributed by atoms with Gasteiger partial charge in [-0.05, 0) is 62.9 Å². The van der Waals surface area contributed by atoms with E-state index in [4.69, 9.17) is 4.74 Å². The maximum Gasteiger partial charge on any atom is 0.116 e. The van der Waals surface area contributed by atoms with Gasteiger partial charge in [0.25, 0.3) is 0 Å². The van der Waals surface area contributed by atoms with E-state index in [1.165, 1.54) is 19.3 Å². The number of ether oxygens (including phenoxy) is 1. The van der Waals surface area contributed by atoms with E-state index < -0.39 is 0 Å². The molecule has 1 unspecified atom stereocenters. The SMILES string of the molecule is CCCCCOC(C)CCCC=Cc1ccc2cc(O)ccc2n1. The molecule has 0 aliphatic rings. The number of benzene rings is 1. The lowest BCUT2D eigenvalue weighted by Crippen LogP contribution is -2.08. The summed E-state index contributed by atoms with van der Waals surface area (Å²) in [5.74, 6) is 0.277. The molecule has 24 heavy (non-hydrogen) atoms. The van der Waals surface area contributed by atoms with Crippen molar-refractivity contribution >= 4 is 17.0 Å². The Morgan fingerprint density at radius 1 is 1.17 bits per heavy atom. The predicted octanol–water partition coefficient (Wildman–Crippen LogP) is 5.72. The quantitative estimate of drug-likeness (QED) is 0.567. The largest absolute Gasteiger partial charge is 0.508 e. The molecule has 1 aromatic heterocycles. The molecule has 0 radical (unpaired) electrons. The van der Waals surface area contributed by atoms with E-state index in [0.717, 1.165) is 42.5 Å². The summed E-state index contributed by atoms with van der Waals surface area (Å²) in [6.07, 6.45) is 11.5. The number of pyridine rings is 1. The fourth-order valence-electron chi connectivity index (χ4n) is 2.67. The molecule has 1 heterocycles. The van der Waals surface area contributed by atoms with Gasteiger partial charge in [-0.15, -0.1) is 0 Å². The number of fused-ring (bicyclic) bond motifs is 1. The molecule has 2 aromatic rings. The van der Waals surface area contributed by atoms with E-state index in [-0.39, 0.29) is 5.75 Å². The van der Waals surface area contributed by atoms with Gasteiger partial charge in [-0.25, -0.2) is 4.98 Å². The van der Waals surface area contributed by atoms with Crippen molar-refractivity contribution < 1.29 is 9.84 Å². The van der Waals surface area contributed by atoms with E-state index in [1.54, 1.807) is 12.1 Å². The summed E-state index contributed by atoms with van der Waals surface area (Å²) in [5, 5.41) is 10.4. The molecule has 0 amide bonds. The van der Waals surface area contributed by atoms with Crippen molar-refractivity contribution in [1.82, 2.24) is 4.98 Å². The Bertz CT molecular complexity index is 651. The summed E-state index contributed by atoms with van der Waals surface area (Å²) in [6, 6.07) is 9.23. The van der Waals surface area contributed by atoms with E-state index in [2.05, 4.69) is 31.0 Å². The summed E-state index contributed by atoms with van der Waals surface area (Å²) in [4.78, 5) is 4.58. The normalized spacial score (nSPS) is 12.9. The number of allylic oxidation sites excluding steroid dienone is 1. The van der Waals surface area contributed by atoms with Gasteiger partial charge in [-0.1, -0.05) is 31.9 Å². The first-order valence-corrected chi connectivity index (χ1v) is 9.07. The summed E-state index contributed by atoms with van der Waals surface area (Å²) in [5.41, 5.74) is 1.86. The van der Waals surface area contributed by atoms with Gasteiger partial charge in [0.05, 0.1) is 17.3 Å². The zero-order valence-corrected chi connectivity index (χ0v) is 14.9. The van der Waals surface area contributed by atoms with Crippen molar-refractivity contribution in [3.8, 4) is 5.75 Å². The highest BCUT2D eigenvalue weighted by molar-refractivity contribution is 5.81. The highest BCUT2D eigenvalue weighted by Crippen LogP contribution is 2.19. The van der Waals surface area contributed by atoms with Gasteiger partial charge in [-0.2, -0.15) is 0 Å². The number of phenolic OH excluding ortho intramolecular Hbond substituents is 1. The molecule has 0 spiro atoms. The average molecular weight is 327 g/mol. The van der Waals surface area contributed by atoms with Crippen LogP contribution >= 0.6 is 0 Å². The number of aromatic hydroxyl groups is 1. The summed E-state index contributed by atoms with van der Waals surface area (Å²) in [6.45, 7) is 5.27. The van der Waals surface area contributed by atoms with Crippen LogP contribution in [0.25, 0.3) is 17.0 Å². The zero-order chi connectivity index (χ0) is 17.2. The Balaban J connectivity index is 1.71. The average Bonchev–Trinajstić information content (AvgIpc) is 2.58. The number of hydrogen-bond donors (Lipinski definition) is 1. The smallest absolute Gasteiger partial charge is 0.116 e. The Kier molecular flexibility index (Phi) is 7.76. The number of nitrogens with zero attached hydrogens (tertiary/aromatic N) is 1. The van der Waals surface area contributed by atoms with Crippen LogP contribution in [0.5, 0.6) is 5.75 Å². The molecule has 0 aliphatic heterocycles. The zero-order valence-electron chi connectivity index (χ0n) is 14.9. The third-order valence-corrected chi connectivity index (χ3v) is 4.11. The topological polar surface area (TPSA) is 42.4 Å². The van der Waals surface area contributed by atoms with Crippen molar-refractivity contribution in [2.45, 2.75) is 58.5 Å². The van der Waals surface area contributed by atoms with Crippen molar-refractivity contribution in [1.29, 1.82) is 0 Å². The molecule has 0 saturated heterocycles. The predicted molar refractivity (Wildman–Crippen MR) is 101 cm³/mol. The maximum absolute atomic E-state index is 9.47. The van der Waals surface area contributed by atoms with Crippen LogP contribution in [-0.2, 0) is 4.74 Å². The molecular weight excluding hydrogens is 298 g/mol. The van der Waals surface area contributed by atoms with Crippen LogP contribution in [0, 0.1) is 0 Å². The van der Waals surface area contributed by atoms with E-state index in [1.807, 2.05) is 18.2 Å². The first kappa shape index (κ1) is 18.5. The number of phenols is 1. The van der Waals surface area contributed by atoms with E-state index >= 15 is 0 Å². The minimum absolute atomic E-state index is 0.277. The second-order valence-corrected chi connectivity index (χ2v) is 6.33. The summed E-state index contributed by atoms with van der Waals surface area (Å²) < 4.78 is 5.81. The fraction of sp³-hybridized carbons (Fsp3) is 0.476. The van der Waals surface area contributed by atoms with Crippen molar-refractivity contribution in [2.24, 2.45) is 0 Å². The van der Waals surface area contributed by atoms with Gasteiger partial charge in [0.15, 0.2) is 0 Å². The van der Waals surface area contributed by atoms with Crippen LogP contribution in [0.4, 0.5) is 0 Å². The second kappa shape index (κ2) is 10.1. The molecule has 3 nitrogen and oxygen atoms in total.